The molecule has 2 aromatic carbocycles. The van der Waals surface area contributed by atoms with Gasteiger partial charge in [-0.05, 0) is 57.4 Å². The summed E-state index contributed by atoms with van der Waals surface area (Å²) in [6.45, 7) is 8.26. The number of rotatable bonds is 1. The molecule has 0 N–H and O–H groups in total. The lowest BCUT2D eigenvalue weighted by atomic mass is 9.76. The van der Waals surface area contributed by atoms with Crippen LogP contribution < -0.4 is 5.46 Å². The fraction of sp³-hybridized carbons (Fsp3) is 0.300. The predicted molar refractivity (Wildman–Crippen MR) is 99.2 cm³/mol. The van der Waals surface area contributed by atoms with Crippen molar-refractivity contribution in [2.24, 2.45) is 0 Å². The average Bonchev–Trinajstić information content (AvgIpc) is 3.21. The molecule has 25 heavy (non-hydrogen) atoms. The van der Waals surface area contributed by atoms with E-state index in [0.717, 1.165) is 38.4 Å². The molecule has 5 rings (SSSR count). The van der Waals surface area contributed by atoms with Crippen LogP contribution in [-0.4, -0.2) is 18.3 Å². The Kier molecular flexibility index (Phi) is 2.82. The maximum absolute atomic E-state index is 6.27. The highest BCUT2D eigenvalue weighted by atomic mass is 16.7. The Balaban J connectivity index is 1.78. The van der Waals surface area contributed by atoms with Gasteiger partial charge >= 0.3 is 7.12 Å². The van der Waals surface area contributed by atoms with Crippen LogP contribution in [0.2, 0.25) is 0 Å². The molecule has 5 heteroatoms. The second-order valence-electron chi connectivity index (χ2n) is 7.69. The molecular formula is C20H19BO4. The van der Waals surface area contributed by atoms with Gasteiger partial charge in [0.1, 0.15) is 16.7 Å². The molecule has 0 unspecified atom stereocenters. The SMILES string of the molecule is CC1(C)OB(c2cccc3oc4c5ccoc5ccc4c23)OC1(C)C. The number of furan rings is 2. The molecule has 2 aromatic heterocycles. The number of fused-ring (bicyclic) bond motifs is 5. The third kappa shape index (κ3) is 1.97. The van der Waals surface area contributed by atoms with E-state index in [9.17, 15) is 0 Å². The van der Waals surface area contributed by atoms with Crippen LogP contribution in [0.25, 0.3) is 32.9 Å². The van der Waals surface area contributed by atoms with Crippen molar-refractivity contribution < 1.29 is 18.1 Å². The second kappa shape index (κ2) is 4.68. The van der Waals surface area contributed by atoms with Crippen LogP contribution in [0.4, 0.5) is 0 Å². The van der Waals surface area contributed by atoms with E-state index in [1.165, 1.54) is 0 Å². The average molecular weight is 334 g/mol. The van der Waals surface area contributed by atoms with Crippen molar-refractivity contribution >= 4 is 45.5 Å². The van der Waals surface area contributed by atoms with E-state index in [1.54, 1.807) is 6.26 Å². The molecule has 0 amide bonds. The zero-order valence-electron chi connectivity index (χ0n) is 14.8. The molecule has 1 fully saturated rings. The maximum atomic E-state index is 6.27. The predicted octanol–water partition coefficient (Wildman–Crippen LogP) is 4.63. The van der Waals surface area contributed by atoms with E-state index in [4.69, 9.17) is 18.1 Å². The fourth-order valence-electron chi connectivity index (χ4n) is 3.52. The van der Waals surface area contributed by atoms with Gasteiger partial charge in [0.25, 0.3) is 0 Å². The van der Waals surface area contributed by atoms with E-state index >= 15 is 0 Å². The normalized spacial score (nSPS) is 19.4. The van der Waals surface area contributed by atoms with Gasteiger partial charge in [0.05, 0.1) is 22.9 Å². The minimum atomic E-state index is -0.422. The Morgan fingerprint density at radius 2 is 1.56 bits per heavy atom. The zero-order valence-corrected chi connectivity index (χ0v) is 14.8. The standard InChI is InChI=1S/C20H19BO4/c1-19(2)20(3,4)25-21(24-19)14-6-5-7-16-17(14)13-8-9-15-12(10-11-22-15)18(13)23-16/h5-11H,1-4H3. The van der Waals surface area contributed by atoms with Gasteiger partial charge in [-0.2, -0.15) is 0 Å². The fourth-order valence-corrected chi connectivity index (χ4v) is 3.52. The highest BCUT2D eigenvalue weighted by Gasteiger charge is 2.52. The number of benzene rings is 2. The summed E-state index contributed by atoms with van der Waals surface area (Å²) in [5, 5.41) is 3.07. The quantitative estimate of drug-likeness (QED) is 0.476. The summed E-state index contributed by atoms with van der Waals surface area (Å²) in [6, 6.07) is 12.0. The van der Waals surface area contributed by atoms with Crippen molar-refractivity contribution in [2.75, 3.05) is 0 Å². The summed E-state index contributed by atoms with van der Waals surface area (Å²) in [4.78, 5) is 0. The van der Waals surface area contributed by atoms with Crippen LogP contribution in [0, 0.1) is 0 Å². The van der Waals surface area contributed by atoms with Crippen LogP contribution in [0.1, 0.15) is 27.7 Å². The third-order valence-electron chi connectivity index (χ3n) is 5.63. The van der Waals surface area contributed by atoms with Crippen molar-refractivity contribution in [3.05, 3.63) is 42.7 Å². The van der Waals surface area contributed by atoms with Gasteiger partial charge in [0.15, 0.2) is 0 Å². The highest BCUT2D eigenvalue weighted by molar-refractivity contribution is 6.66. The second-order valence-corrected chi connectivity index (χ2v) is 7.69. The van der Waals surface area contributed by atoms with Crippen molar-refractivity contribution in [1.82, 2.24) is 0 Å². The third-order valence-corrected chi connectivity index (χ3v) is 5.63. The molecule has 4 aromatic rings. The summed E-state index contributed by atoms with van der Waals surface area (Å²) in [6.07, 6.45) is 1.69. The van der Waals surface area contributed by atoms with Gasteiger partial charge < -0.3 is 18.1 Å². The van der Waals surface area contributed by atoms with E-state index in [2.05, 4.69) is 33.8 Å². The summed E-state index contributed by atoms with van der Waals surface area (Å²) in [5.74, 6) is 0. The summed E-state index contributed by atoms with van der Waals surface area (Å²) in [5.41, 5.74) is 2.73. The van der Waals surface area contributed by atoms with Gasteiger partial charge in [0, 0.05) is 10.8 Å². The topological polar surface area (TPSA) is 44.7 Å². The Morgan fingerprint density at radius 3 is 2.32 bits per heavy atom. The molecule has 1 aliphatic heterocycles. The first-order valence-corrected chi connectivity index (χ1v) is 8.54. The summed E-state index contributed by atoms with van der Waals surface area (Å²) < 4.78 is 24.2. The molecule has 1 saturated heterocycles. The largest absolute Gasteiger partial charge is 0.495 e. The Labute approximate surface area is 145 Å². The van der Waals surface area contributed by atoms with Crippen molar-refractivity contribution in [2.45, 2.75) is 38.9 Å². The first kappa shape index (κ1) is 15.1. The van der Waals surface area contributed by atoms with Crippen LogP contribution in [0.3, 0.4) is 0 Å². The van der Waals surface area contributed by atoms with Crippen LogP contribution in [-0.2, 0) is 9.31 Å². The Morgan fingerprint density at radius 1 is 0.800 bits per heavy atom. The van der Waals surface area contributed by atoms with Gasteiger partial charge in [-0.25, -0.2) is 0 Å². The molecule has 1 aliphatic rings. The van der Waals surface area contributed by atoms with Gasteiger partial charge in [-0.1, -0.05) is 12.1 Å². The lowest BCUT2D eigenvalue weighted by Crippen LogP contribution is -2.41. The van der Waals surface area contributed by atoms with Gasteiger partial charge in [0.2, 0.25) is 0 Å². The van der Waals surface area contributed by atoms with E-state index < -0.39 is 7.12 Å². The molecule has 0 aliphatic carbocycles. The first-order valence-electron chi connectivity index (χ1n) is 8.54. The van der Waals surface area contributed by atoms with E-state index in [1.807, 2.05) is 30.3 Å². The molecule has 0 spiro atoms. The summed E-state index contributed by atoms with van der Waals surface area (Å²) in [7, 11) is -0.422. The molecular weight excluding hydrogens is 315 g/mol. The molecule has 126 valence electrons. The van der Waals surface area contributed by atoms with Crippen LogP contribution in [0.5, 0.6) is 0 Å². The number of hydrogen-bond donors (Lipinski definition) is 0. The van der Waals surface area contributed by atoms with E-state index in [0.29, 0.717) is 0 Å². The monoisotopic (exact) mass is 334 g/mol. The highest BCUT2D eigenvalue weighted by Crippen LogP contribution is 2.39. The zero-order chi connectivity index (χ0) is 17.4. The maximum Gasteiger partial charge on any atom is 0.495 e. The van der Waals surface area contributed by atoms with Gasteiger partial charge in [-0.15, -0.1) is 0 Å². The Bertz CT molecular complexity index is 1100. The molecule has 0 bridgehead atoms. The van der Waals surface area contributed by atoms with E-state index in [-0.39, 0.29) is 11.2 Å². The van der Waals surface area contributed by atoms with Crippen molar-refractivity contribution in [1.29, 1.82) is 0 Å². The minimum absolute atomic E-state index is 0.378. The summed E-state index contributed by atoms with van der Waals surface area (Å²) >= 11 is 0. The molecule has 4 nitrogen and oxygen atoms in total. The van der Waals surface area contributed by atoms with Crippen molar-refractivity contribution in [3.63, 3.8) is 0 Å². The number of hydrogen-bond acceptors (Lipinski definition) is 4. The van der Waals surface area contributed by atoms with Gasteiger partial charge in [-0.3, -0.25) is 0 Å². The minimum Gasteiger partial charge on any atom is -0.464 e. The molecule has 0 radical (unpaired) electrons. The lowest BCUT2D eigenvalue weighted by Gasteiger charge is -2.32. The Hall–Kier alpha value is -2.24. The molecule has 0 atom stereocenters. The lowest BCUT2D eigenvalue weighted by molar-refractivity contribution is 0.00578. The molecule has 0 saturated carbocycles. The first-order chi connectivity index (χ1) is 11.9. The smallest absolute Gasteiger partial charge is 0.464 e. The molecule has 3 heterocycles. The van der Waals surface area contributed by atoms with Crippen molar-refractivity contribution in [3.8, 4) is 0 Å². The van der Waals surface area contributed by atoms with Crippen LogP contribution in [0.15, 0.2) is 51.5 Å². The van der Waals surface area contributed by atoms with Crippen LogP contribution >= 0.6 is 0 Å².